The minimum atomic E-state index is -0.117. The van der Waals surface area contributed by atoms with Gasteiger partial charge in [0.15, 0.2) is 0 Å². The van der Waals surface area contributed by atoms with Crippen molar-refractivity contribution in [2.24, 2.45) is 5.92 Å². The van der Waals surface area contributed by atoms with Crippen molar-refractivity contribution in [3.63, 3.8) is 0 Å². The molecule has 1 atom stereocenters. The van der Waals surface area contributed by atoms with Crippen LogP contribution in [-0.4, -0.2) is 34.0 Å². The number of nitrogens with one attached hydrogen (secondary N) is 2. The number of imidazole rings is 1. The number of urea groups is 1. The molecule has 1 aliphatic carbocycles. The number of amides is 2. The first-order chi connectivity index (χ1) is 12.1. The van der Waals surface area contributed by atoms with Gasteiger partial charge in [-0.2, -0.15) is 0 Å². The predicted molar refractivity (Wildman–Crippen MR) is 101 cm³/mol. The highest BCUT2D eigenvalue weighted by Gasteiger charge is 2.26. The van der Waals surface area contributed by atoms with Gasteiger partial charge in [-0.3, -0.25) is 0 Å². The maximum Gasteiger partial charge on any atom is 0.317 e. The van der Waals surface area contributed by atoms with Crippen molar-refractivity contribution in [3.8, 4) is 0 Å². The Morgan fingerprint density at radius 1 is 1.20 bits per heavy atom. The molecule has 1 saturated carbocycles. The molecule has 0 spiro atoms. The lowest BCUT2D eigenvalue weighted by atomic mass is 10.0. The van der Waals surface area contributed by atoms with Crippen molar-refractivity contribution in [3.05, 3.63) is 30.1 Å². The lowest BCUT2D eigenvalue weighted by Crippen LogP contribution is -2.45. The molecule has 1 fully saturated rings. The van der Waals surface area contributed by atoms with Gasteiger partial charge in [-0.1, -0.05) is 51.7 Å². The van der Waals surface area contributed by atoms with Gasteiger partial charge >= 0.3 is 6.03 Å². The summed E-state index contributed by atoms with van der Waals surface area (Å²) in [5.74, 6) is 1.09. The third-order valence-electron chi connectivity index (χ3n) is 5.34. The largest absolute Gasteiger partial charge is 0.340 e. The number of carbonyl (C=O) groups is 1. The summed E-state index contributed by atoms with van der Waals surface area (Å²) >= 11 is 0. The Balaban J connectivity index is 1.73. The van der Waals surface area contributed by atoms with E-state index in [1.165, 1.54) is 25.7 Å². The van der Waals surface area contributed by atoms with E-state index in [-0.39, 0.29) is 18.0 Å². The second-order valence-corrected chi connectivity index (χ2v) is 7.57. The summed E-state index contributed by atoms with van der Waals surface area (Å²) in [4.78, 5) is 22.8. The highest BCUT2D eigenvalue weighted by Crippen LogP contribution is 2.24. The molecule has 3 rings (SSSR count). The van der Waals surface area contributed by atoms with Gasteiger partial charge in [0.1, 0.15) is 5.82 Å². The molecule has 0 aliphatic heterocycles. The number of hydrogen-bond donors (Lipinski definition) is 2. The fourth-order valence-corrected chi connectivity index (χ4v) is 3.72. The van der Waals surface area contributed by atoms with E-state index in [1.54, 1.807) is 0 Å². The van der Waals surface area contributed by atoms with Crippen LogP contribution in [0.15, 0.2) is 24.3 Å². The van der Waals surface area contributed by atoms with Crippen LogP contribution in [0, 0.1) is 5.92 Å². The summed E-state index contributed by atoms with van der Waals surface area (Å²) in [5.41, 5.74) is 1.95. The molecule has 1 unspecified atom stereocenters. The lowest BCUT2D eigenvalue weighted by Gasteiger charge is -2.30. The first-order valence-corrected chi connectivity index (χ1v) is 9.54. The Morgan fingerprint density at radius 2 is 1.88 bits per heavy atom. The molecule has 1 heterocycles. The standard InChI is InChI=1S/C20H30N4O/c1-14(2)18(19-21-16-12-8-9-13-17(16)22-19)23-20(25)24(3)15-10-6-4-5-7-11-15/h8-9,12-15,18H,4-7,10-11H2,1-3H3,(H,21,22)(H,23,25). The summed E-state index contributed by atoms with van der Waals surface area (Å²) in [6, 6.07) is 8.22. The minimum Gasteiger partial charge on any atom is -0.340 e. The van der Waals surface area contributed by atoms with Crippen LogP contribution in [0.1, 0.15) is 64.2 Å². The first-order valence-electron chi connectivity index (χ1n) is 9.54. The molecule has 136 valence electrons. The van der Waals surface area contributed by atoms with E-state index >= 15 is 0 Å². The number of H-pyrrole nitrogens is 1. The summed E-state index contributed by atoms with van der Waals surface area (Å²) in [5, 5.41) is 3.20. The first kappa shape index (κ1) is 17.8. The normalized spacial score (nSPS) is 17.4. The van der Waals surface area contributed by atoms with Crippen LogP contribution in [-0.2, 0) is 0 Å². The monoisotopic (exact) mass is 342 g/mol. The number of hydrogen-bond acceptors (Lipinski definition) is 2. The molecular formula is C20H30N4O. The zero-order valence-electron chi connectivity index (χ0n) is 15.6. The average molecular weight is 342 g/mol. The summed E-state index contributed by atoms with van der Waals surface area (Å²) in [7, 11) is 1.93. The molecular weight excluding hydrogens is 312 g/mol. The molecule has 1 aromatic carbocycles. The lowest BCUT2D eigenvalue weighted by molar-refractivity contribution is 0.176. The van der Waals surface area contributed by atoms with Gasteiger partial charge in [0.05, 0.1) is 17.1 Å². The summed E-state index contributed by atoms with van der Waals surface area (Å²) < 4.78 is 0. The average Bonchev–Trinajstić information content (AvgIpc) is 2.83. The Hall–Kier alpha value is -2.04. The van der Waals surface area contributed by atoms with E-state index in [0.717, 1.165) is 29.7 Å². The van der Waals surface area contributed by atoms with Crippen molar-refractivity contribution in [2.45, 2.75) is 64.5 Å². The van der Waals surface area contributed by atoms with Crippen LogP contribution in [0.3, 0.4) is 0 Å². The van der Waals surface area contributed by atoms with Crippen LogP contribution in [0.5, 0.6) is 0 Å². The Kier molecular flexibility index (Phi) is 5.61. The molecule has 0 bridgehead atoms. The topological polar surface area (TPSA) is 61.0 Å². The fraction of sp³-hybridized carbons (Fsp3) is 0.600. The van der Waals surface area contributed by atoms with Crippen molar-refractivity contribution in [1.82, 2.24) is 20.2 Å². The SMILES string of the molecule is CC(C)C(NC(=O)N(C)C1CCCCCC1)c1nc2ccccc2[nH]1. The third kappa shape index (κ3) is 4.14. The molecule has 0 saturated heterocycles. The van der Waals surface area contributed by atoms with E-state index < -0.39 is 0 Å². The fourth-order valence-electron chi connectivity index (χ4n) is 3.72. The number of carbonyl (C=O) groups excluding carboxylic acids is 1. The van der Waals surface area contributed by atoms with Crippen molar-refractivity contribution in [2.75, 3.05) is 7.05 Å². The number of benzene rings is 1. The molecule has 2 amide bonds. The van der Waals surface area contributed by atoms with Gasteiger partial charge in [0.2, 0.25) is 0 Å². The Labute approximate surface area is 150 Å². The maximum atomic E-state index is 12.8. The van der Waals surface area contributed by atoms with Gasteiger partial charge in [-0.25, -0.2) is 9.78 Å². The number of aromatic amines is 1. The Morgan fingerprint density at radius 3 is 2.52 bits per heavy atom. The Bertz CT molecular complexity index is 668. The van der Waals surface area contributed by atoms with Gasteiger partial charge in [0, 0.05) is 13.1 Å². The number of rotatable bonds is 4. The smallest absolute Gasteiger partial charge is 0.317 e. The molecule has 2 N–H and O–H groups in total. The highest BCUT2D eigenvalue weighted by molar-refractivity contribution is 5.76. The number of para-hydroxylation sites is 2. The molecule has 5 nitrogen and oxygen atoms in total. The van der Waals surface area contributed by atoms with Crippen LogP contribution in [0.2, 0.25) is 0 Å². The predicted octanol–water partition coefficient (Wildman–Crippen LogP) is 4.62. The quantitative estimate of drug-likeness (QED) is 0.796. The van der Waals surface area contributed by atoms with Crippen LogP contribution >= 0.6 is 0 Å². The molecule has 1 aliphatic rings. The van der Waals surface area contributed by atoms with E-state index in [1.807, 2.05) is 36.2 Å². The highest BCUT2D eigenvalue weighted by atomic mass is 16.2. The third-order valence-corrected chi connectivity index (χ3v) is 5.34. The number of nitrogens with zero attached hydrogens (tertiary/aromatic N) is 2. The van der Waals surface area contributed by atoms with E-state index in [0.29, 0.717) is 6.04 Å². The molecule has 1 aromatic heterocycles. The second kappa shape index (κ2) is 7.89. The molecule has 5 heteroatoms. The molecule has 2 aromatic rings. The van der Waals surface area contributed by atoms with Crippen molar-refractivity contribution < 1.29 is 4.79 Å². The number of fused-ring (bicyclic) bond motifs is 1. The maximum absolute atomic E-state index is 12.8. The number of aromatic nitrogens is 2. The zero-order chi connectivity index (χ0) is 17.8. The zero-order valence-corrected chi connectivity index (χ0v) is 15.6. The van der Waals surface area contributed by atoms with Gasteiger partial charge in [-0.05, 0) is 30.9 Å². The van der Waals surface area contributed by atoms with Crippen LogP contribution in [0.4, 0.5) is 4.79 Å². The van der Waals surface area contributed by atoms with Gasteiger partial charge in [0.25, 0.3) is 0 Å². The summed E-state index contributed by atoms with van der Waals surface area (Å²) in [6.07, 6.45) is 7.25. The second-order valence-electron chi connectivity index (χ2n) is 7.57. The van der Waals surface area contributed by atoms with E-state index in [4.69, 9.17) is 0 Å². The van der Waals surface area contributed by atoms with Crippen molar-refractivity contribution in [1.29, 1.82) is 0 Å². The summed E-state index contributed by atoms with van der Waals surface area (Å²) in [6.45, 7) is 4.23. The van der Waals surface area contributed by atoms with Crippen molar-refractivity contribution >= 4 is 17.1 Å². The van der Waals surface area contributed by atoms with E-state index in [2.05, 4.69) is 29.1 Å². The van der Waals surface area contributed by atoms with Gasteiger partial charge < -0.3 is 15.2 Å². The minimum absolute atomic E-state index is 0.00561. The van der Waals surface area contributed by atoms with Crippen LogP contribution in [0.25, 0.3) is 11.0 Å². The molecule has 25 heavy (non-hydrogen) atoms. The molecule has 0 radical (unpaired) electrons. The van der Waals surface area contributed by atoms with Crippen LogP contribution < -0.4 is 5.32 Å². The van der Waals surface area contributed by atoms with E-state index in [9.17, 15) is 4.79 Å². The van der Waals surface area contributed by atoms with Gasteiger partial charge in [-0.15, -0.1) is 0 Å².